The quantitative estimate of drug-likeness (QED) is 0.627. The lowest BCUT2D eigenvalue weighted by molar-refractivity contribution is 0.451. The molecular weight excluding hydrogens is 250 g/mol. The molecule has 0 amide bonds. The summed E-state index contributed by atoms with van der Waals surface area (Å²) in [6.07, 6.45) is 1.36. The first-order valence-electron chi connectivity index (χ1n) is 5.50. The van der Waals surface area contributed by atoms with Gasteiger partial charge in [0.15, 0.2) is 0 Å². The van der Waals surface area contributed by atoms with Crippen LogP contribution in [0.2, 0.25) is 5.15 Å². The molecular formula is C13H10ClN3O. The van der Waals surface area contributed by atoms with E-state index in [-0.39, 0.29) is 0 Å². The highest BCUT2D eigenvalue weighted by Gasteiger charge is 2.15. The summed E-state index contributed by atoms with van der Waals surface area (Å²) in [5.74, 6) is 0. The highest BCUT2D eigenvalue weighted by atomic mass is 35.5. The maximum absolute atomic E-state index is 6.07. The van der Waals surface area contributed by atoms with Gasteiger partial charge in [0.25, 0.3) is 5.71 Å². The summed E-state index contributed by atoms with van der Waals surface area (Å²) in [5.41, 5.74) is 4.46. The lowest BCUT2D eigenvalue weighted by Gasteiger charge is -2.02. The van der Waals surface area contributed by atoms with Crippen molar-refractivity contribution >= 4 is 22.7 Å². The van der Waals surface area contributed by atoms with Crippen LogP contribution in [-0.4, -0.2) is 15.1 Å². The Bertz CT molecular complexity index is 736. The van der Waals surface area contributed by atoms with Crippen LogP contribution in [0.5, 0.6) is 0 Å². The van der Waals surface area contributed by atoms with Gasteiger partial charge in [0.2, 0.25) is 0 Å². The second kappa shape index (κ2) is 4.07. The zero-order chi connectivity index (χ0) is 12.7. The number of hydrogen-bond acceptors (Lipinski definition) is 4. The Hall–Kier alpha value is -1.94. The van der Waals surface area contributed by atoms with Crippen LogP contribution in [0.4, 0.5) is 0 Å². The lowest BCUT2D eigenvalue weighted by Crippen LogP contribution is -1.86. The van der Waals surface area contributed by atoms with Crippen molar-refractivity contribution in [2.75, 3.05) is 0 Å². The van der Waals surface area contributed by atoms with Crippen molar-refractivity contribution in [2.45, 2.75) is 13.8 Å². The summed E-state index contributed by atoms with van der Waals surface area (Å²) < 4.78 is 5.17. The van der Waals surface area contributed by atoms with Crippen molar-refractivity contribution in [3.8, 4) is 11.3 Å². The summed E-state index contributed by atoms with van der Waals surface area (Å²) in [7, 11) is 0. The fourth-order valence-corrected chi connectivity index (χ4v) is 2.05. The number of nitrogens with zero attached hydrogens (tertiary/aromatic N) is 3. The molecule has 0 radical (unpaired) electrons. The fraction of sp³-hybridized carbons (Fsp3) is 0.154. The van der Waals surface area contributed by atoms with Crippen LogP contribution in [0, 0.1) is 13.8 Å². The number of rotatable bonds is 1. The molecule has 0 spiro atoms. The molecule has 2 aromatic heterocycles. The van der Waals surface area contributed by atoms with Crippen molar-refractivity contribution < 1.29 is 4.52 Å². The lowest BCUT2D eigenvalue weighted by atomic mass is 10.0. The largest absolute Gasteiger partial charge is 0.335 e. The maximum Gasteiger partial charge on any atom is 0.262 e. The summed E-state index contributed by atoms with van der Waals surface area (Å²) in [4.78, 5) is 7.96. The summed E-state index contributed by atoms with van der Waals surface area (Å²) in [5, 5.41) is 5.05. The third-order valence-corrected chi connectivity index (χ3v) is 3.29. The zero-order valence-corrected chi connectivity index (χ0v) is 10.7. The average molecular weight is 260 g/mol. The number of aromatic nitrogens is 3. The van der Waals surface area contributed by atoms with E-state index in [1.54, 1.807) is 0 Å². The molecule has 0 atom stereocenters. The van der Waals surface area contributed by atoms with Gasteiger partial charge in [0.05, 0.1) is 0 Å². The minimum atomic E-state index is 0.356. The molecule has 1 aromatic carbocycles. The van der Waals surface area contributed by atoms with Gasteiger partial charge in [-0.25, -0.2) is 4.98 Å². The van der Waals surface area contributed by atoms with Crippen LogP contribution < -0.4 is 0 Å². The molecule has 0 bridgehead atoms. The first-order chi connectivity index (χ1) is 8.66. The summed E-state index contributed by atoms with van der Waals surface area (Å²) in [6.45, 7) is 4.12. The van der Waals surface area contributed by atoms with Gasteiger partial charge >= 0.3 is 0 Å². The monoisotopic (exact) mass is 259 g/mol. The van der Waals surface area contributed by atoms with Gasteiger partial charge < -0.3 is 4.52 Å². The minimum Gasteiger partial charge on any atom is -0.335 e. The van der Waals surface area contributed by atoms with E-state index in [1.165, 1.54) is 17.5 Å². The van der Waals surface area contributed by atoms with Gasteiger partial charge in [0, 0.05) is 5.56 Å². The Morgan fingerprint density at radius 1 is 1.11 bits per heavy atom. The second-order valence-corrected chi connectivity index (χ2v) is 4.53. The van der Waals surface area contributed by atoms with E-state index in [2.05, 4.69) is 35.0 Å². The van der Waals surface area contributed by atoms with Crippen LogP contribution in [0.3, 0.4) is 0 Å². The zero-order valence-electron chi connectivity index (χ0n) is 9.94. The normalized spacial score (nSPS) is 11.1. The van der Waals surface area contributed by atoms with E-state index in [0.717, 1.165) is 5.56 Å². The Labute approximate surface area is 109 Å². The molecule has 0 fully saturated rings. The average Bonchev–Trinajstić information content (AvgIpc) is 2.78. The van der Waals surface area contributed by atoms with E-state index in [0.29, 0.717) is 21.9 Å². The van der Waals surface area contributed by atoms with Gasteiger partial charge in [-0.1, -0.05) is 28.9 Å². The molecule has 0 saturated heterocycles. The molecule has 3 rings (SSSR count). The van der Waals surface area contributed by atoms with E-state index in [9.17, 15) is 0 Å². The predicted molar refractivity (Wildman–Crippen MR) is 69.5 cm³/mol. The SMILES string of the molecule is Cc1ccc(-c2noc3ncnc(Cl)c23)cc1C. The summed E-state index contributed by atoms with van der Waals surface area (Å²) in [6, 6.07) is 6.09. The first-order valence-corrected chi connectivity index (χ1v) is 5.88. The van der Waals surface area contributed by atoms with Crippen molar-refractivity contribution in [3.63, 3.8) is 0 Å². The molecule has 0 aliphatic carbocycles. The second-order valence-electron chi connectivity index (χ2n) is 4.17. The van der Waals surface area contributed by atoms with E-state index >= 15 is 0 Å². The van der Waals surface area contributed by atoms with Crippen LogP contribution in [0.25, 0.3) is 22.4 Å². The molecule has 18 heavy (non-hydrogen) atoms. The predicted octanol–water partition coefficient (Wildman–Crippen LogP) is 3.56. The first kappa shape index (κ1) is 11.2. The van der Waals surface area contributed by atoms with Crippen LogP contribution in [-0.2, 0) is 0 Å². The molecule has 0 unspecified atom stereocenters. The molecule has 90 valence electrons. The van der Waals surface area contributed by atoms with E-state index in [4.69, 9.17) is 16.1 Å². The minimum absolute atomic E-state index is 0.356. The van der Waals surface area contributed by atoms with Crippen molar-refractivity contribution in [1.29, 1.82) is 0 Å². The Kier molecular flexibility index (Phi) is 2.52. The maximum atomic E-state index is 6.07. The number of aryl methyl sites for hydroxylation is 2. The molecule has 5 heteroatoms. The molecule has 3 aromatic rings. The standard InChI is InChI=1S/C13H10ClN3O/c1-7-3-4-9(5-8(7)2)11-10-12(14)15-6-16-13(10)18-17-11/h3-6H,1-2H3. The fourth-order valence-electron chi connectivity index (χ4n) is 1.84. The van der Waals surface area contributed by atoms with Gasteiger partial charge in [-0.3, -0.25) is 0 Å². The highest BCUT2D eigenvalue weighted by Crippen LogP contribution is 2.31. The smallest absolute Gasteiger partial charge is 0.262 e. The van der Waals surface area contributed by atoms with Crippen molar-refractivity contribution in [2.24, 2.45) is 0 Å². The molecule has 0 saturated carbocycles. The van der Waals surface area contributed by atoms with E-state index < -0.39 is 0 Å². The van der Waals surface area contributed by atoms with Gasteiger partial charge in [0.1, 0.15) is 22.6 Å². The number of benzene rings is 1. The van der Waals surface area contributed by atoms with Crippen molar-refractivity contribution in [1.82, 2.24) is 15.1 Å². The third-order valence-electron chi connectivity index (χ3n) is 3.01. The molecule has 2 heterocycles. The van der Waals surface area contributed by atoms with Crippen LogP contribution in [0.1, 0.15) is 11.1 Å². The Balaban J connectivity index is 2.28. The molecule has 0 aliphatic heterocycles. The number of hydrogen-bond donors (Lipinski definition) is 0. The summed E-state index contributed by atoms with van der Waals surface area (Å²) >= 11 is 6.07. The van der Waals surface area contributed by atoms with Crippen LogP contribution >= 0.6 is 11.6 Å². The van der Waals surface area contributed by atoms with Gasteiger partial charge in [-0.15, -0.1) is 0 Å². The van der Waals surface area contributed by atoms with Crippen molar-refractivity contribution in [3.05, 3.63) is 40.8 Å². The van der Waals surface area contributed by atoms with Crippen LogP contribution in [0.15, 0.2) is 29.0 Å². The van der Waals surface area contributed by atoms with Gasteiger partial charge in [-0.2, -0.15) is 4.98 Å². The molecule has 0 aliphatic rings. The number of halogens is 1. The molecule has 0 N–H and O–H groups in total. The molecule has 4 nitrogen and oxygen atoms in total. The number of fused-ring (bicyclic) bond motifs is 1. The third kappa shape index (κ3) is 1.66. The Morgan fingerprint density at radius 3 is 2.72 bits per heavy atom. The van der Waals surface area contributed by atoms with Gasteiger partial charge in [-0.05, 0) is 31.0 Å². The highest BCUT2D eigenvalue weighted by molar-refractivity contribution is 6.34. The van der Waals surface area contributed by atoms with E-state index in [1.807, 2.05) is 12.1 Å². The Morgan fingerprint density at radius 2 is 1.94 bits per heavy atom. The topological polar surface area (TPSA) is 51.8 Å².